The van der Waals surface area contributed by atoms with Gasteiger partial charge in [-0.25, -0.2) is 0 Å². The van der Waals surface area contributed by atoms with Crippen molar-refractivity contribution in [2.24, 2.45) is 5.73 Å². The van der Waals surface area contributed by atoms with Gasteiger partial charge in [0.25, 0.3) is 5.56 Å². The Kier molecular flexibility index (Phi) is 3.69. The summed E-state index contributed by atoms with van der Waals surface area (Å²) in [5.74, 6) is 0. The molecule has 0 saturated heterocycles. The first-order valence-electron chi connectivity index (χ1n) is 4.25. The number of rotatable bonds is 3. The van der Waals surface area contributed by atoms with E-state index in [2.05, 4.69) is 15.9 Å². The summed E-state index contributed by atoms with van der Waals surface area (Å²) in [7, 11) is 0. The van der Waals surface area contributed by atoms with Crippen molar-refractivity contribution in [2.45, 2.75) is 25.9 Å². The lowest BCUT2D eigenvalue weighted by Gasteiger charge is -2.10. The molecule has 0 radical (unpaired) electrons. The smallest absolute Gasteiger partial charge is 0.250 e. The maximum absolute atomic E-state index is 11.3. The van der Waals surface area contributed by atoms with Crippen LogP contribution in [0.3, 0.4) is 0 Å². The Bertz CT molecular complexity index is 335. The molecule has 1 aromatic rings. The Morgan fingerprint density at radius 3 is 2.92 bits per heavy atom. The zero-order chi connectivity index (χ0) is 9.84. The molecule has 1 aromatic heterocycles. The summed E-state index contributed by atoms with van der Waals surface area (Å²) in [6.45, 7) is 2.59. The summed E-state index contributed by atoms with van der Waals surface area (Å²) in [6, 6.07) is 3.31. The van der Waals surface area contributed by atoms with Gasteiger partial charge in [0.2, 0.25) is 0 Å². The van der Waals surface area contributed by atoms with E-state index in [0.29, 0.717) is 6.54 Å². The van der Waals surface area contributed by atoms with Crippen molar-refractivity contribution in [3.8, 4) is 0 Å². The Hall–Kier alpha value is -0.610. The Labute approximate surface area is 85.7 Å². The summed E-state index contributed by atoms with van der Waals surface area (Å²) < 4.78 is 2.52. The molecule has 0 fully saturated rings. The number of hydrogen-bond donors (Lipinski definition) is 1. The maximum Gasteiger partial charge on any atom is 0.250 e. The van der Waals surface area contributed by atoms with E-state index < -0.39 is 0 Å². The molecule has 0 aliphatic rings. The zero-order valence-electron chi connectivity index (χ0n) is 7.53. The molecule has 0 saturated carbocycles. The second-order valence-electron chi connectivity index (χ2n) is 3.01. The summed E-state index contributed by atoms with van der Waals surface area (Å²) >= 11 is 3.31. The Morgan fingerprint density at radius 2 is 2.31 bits per heavy atom. The lowest BCUT2D eigenvalue weighted by atomic mass is 10.2. The molecule has 0 spiro atoms. The molecular formula is C9H13BrN2O. The van der Waals surface area contributed by atoms with E-state index in [1.54, 1.807) is 16.8 Å². The number of nitrogens with two attached hydrogens (primary N) is 1. The van der Waals surface area contributed by atoms with Gasteiger partial charge < -0.3 is 10.3 Å². The van der Waals surface area contributed by atoms with Crippen LogP contribution in [0.5, 0.6) is 0 Å². The highest BCUT2D eigenvalue weighted by molar-refractivity contribution is 9.10. The number of pyridine rings is 1. The Morgan fingerprint density at radius 1 is 1.62 bits per heavy atom. The second-order valence-corrected chi connectivity index (χ2v) is 3.92. The SMILES string of the molecule is CCC(N)Cn1cc(Br)ccc1=O. The fourth-order valence-electron chi connectivity index (χ4n) is 1.03. The largest absolute Gasteiger partial charge is 0.326 e. The van der Waals surface area contributed by atoms with E-state index in [-0.39, 0.29) is 11.6 Å². The van der Waals surface area contributed by atoms with E-state index in [1.165, 1.54) is 6.07 Å². The highest BCUT2D eigenvalue weighted by Gasteiger charge is 2.02. The van der Waals surface area contributed by atoms with Crippen molar-refractivity contribution in [3.63, 3.8) is 0 Å². The minimum absolute atomic E-state index is 0.00731. The first kappa shape index (κ1) is 10.5. The van der Waals surface area contributed by atoms with Crippen molar-refractivity contribution in [3.05, 3.63) is 33.2 Å². The van der Waals surface area contributed by atoms with Gasteiger partial charge in [0.1, 0.15) is 0 Å². The third kappa shape index (κ3) is 2.97. The van der Waals surface area contributed by atoms with Gasteiger partial charge in [0.05, 0.1) is 0 Å². The molecule has 3 nitrogen and oxygen atoms in total. The molecule has 1 unspecified atom stereocenters. The van der Waals surface area contributed by atoms with Crippen molar-refractivity contribution in [1.29, 1.82) is 0 Å². The van der Waals surface area contributed by atoms with Crippen LogP contribution in [0.2, 0.25) is 0 Å². The van der Waals surface area contributed by atoms with Crippen LogP contribution in [0.25, 0.3) is 0 Å². The van der Waals surface area contributed by atoms with E-state index >= 15 is 0 Å². The molecular weight excluding hydrogens is 232 g/mol. The lowest BCUT2D eigenvalue weighted by molar-refractivity contribution is 0.526. The molecule has 0 amide bonds. The Balaban J connectivity index is 2.87. The fraction of sp³-hybridized carbons (Fsp3) is 0.444. The monoisotopic (exact) mass is 244 g/mol. The van der Waals surface area contributed by atoms with Gasteiger partial charge in [0, 0.05) is 29.3 Å². The van der Waals surface area contributed by atoms with Crippen LogP contribution in [0.1, 0.15) is 13.3 Å². The predicted octanol–water partition coefficient (Wildman–Crippen LogP) is 1.35. The molecule has 72 valence electrons. The summed E-state index contributed by atoms with van der Waals surface area (Å²) in [6.07, 6.45) is 2.64. The predicted molar refractivity (Wildman–Crippen MR) is 56.7 cm³/mol. The van der Waals surface area contributed by atoms with Gasteiger partial charge in [-0.2, -0.15) is 0 Å². The molecule has 0 aromatic carbocycles. The maximum atomic E-state index is 11.3. The molecule has 0 bridgehead atoms. The molecule has 13 heavy (non-hydrogen) atoms. The average molecular weight is 245 g/mol. The van der Waals surface area contributed by atoms with Crippen molar-refractivity contribution < 1.29 is 0 Å². The van der Waals surface area contributed by atoms with Crippen molar-refractivity contribution in [2.75, 3.05) is 0 Å². The van der Waals surface area contributed by atoms with Crippen LogP contribution in [-0.2, 0) is 6.54 Å². The van der Waals surface area contributed by atoms with E-state index in [4.69, 9.17) is 5.73 Å². The van der Waals surface area contributed by atoms with Crippen LogP contribution in [-0.4, -0.2) is 10.6 Å². The zero-order valence-corrected chi connectivity index (χ0v) is 9.12. The normalized spacial score (nSPS) is 12.8. The van der Waals surface area contributed by atoms with E-state index in [0.717, 1.165) is 10.9 Å². The molecule has 1 heterocycles. The third-order valence-electron chi connectivity index (χ3n) is 1.90. The van der Waals surface area contributed by atoms with Gasteiger partial charge in [-0.15, -0.1) is 0 Å². The highest BCUT2D eigenvalue weighted by Crippen LogP contribution is 2.05. The highest BCUT2D eigenvalue weighted by atomic mass is 79.9. The van der Waals surface area contributed by atoms with Gasteiger partial charge in [0.15, 0.2) is 0 Å². The summed E-state index contributed by atoms with van der Waals surface area (Å²) in [5, 5.41) is 0. The van der Waals surface area contributed by atoms with Gasteiger partial charge in [-0.05, 0) is 28.4 Å². The van der Waals surface area contributed by atoms with Gasteiger partial charge in [-0.3, -0.25) is 4.79 Å². The quantitative estimate of drug-likeness (QED) is 0.873. The van der Waals surface area contributed by atoms with Gasteiger partial charge >= 0.3 is 0 Å². The third-order valence-corrected chi connectivity index (χ3v) is 2.37. The number of nitrogens with zero attached hydrogens (tertiary/aromatic N) is 1. The standard InChI is InChI=1S/C9H13BrN2O/c1-2-8(11)6-12-5-7(10)3-4-9(12)13/h3-5,8H,2,6,11H2,1H3. The topological polar surface area (TPSA) is 48.0 Å². The summed E-state index contributed by atoms with van der Waals surface area (Å²) in [5.41, 5.74) is 5.74. The molecule has 2 N–H and O–H groups in total. The van der Waals surface area contributed by atoms with E-state index in [1.807, 2.05) is 6.92 Å². The fourth-order valence-corrected chi connectivity index (χ4v) is 1.41. The second kappa shape index (κ2) is 4.58. The molecule has 0 aliphatic heterocycles. The van der Waals surface area contributed by atoms with Crippen LogP contribution >= 0.6 is 15.9 Å². The number of halogens is 1. The van der Waals surface area contributed by atoms with Gasteiger partial charge in [-0.1, -0.05) is 6.92 Å². The minimum atomic E-state index is -0.00731. The first-order valence-corrected chi connectivity index (χ1v) is 5.04. The number of hydrogen-bond acceptors (Lipinski definition) is 2. The van der Waals surface area contributed by atoms with Crippen LogP contribution in [0.4, 0.5) is 0 Å². The molecule has 0 aliphatic carbocycles. The first-order chi connectivity index (χ1) is 6.13. The summed E-state index contributed by atoms with van der Waals surface area (Å²) in [4.78, 5) is 11.3. The molecule has 4 heteroatoms. The van der Waals surface area contributed by atoms with Crippen LogP contribution in [0, 0.1) is 0 Å². The number of aromatic nitrogens is 1. The molecule has 1 rings (SSSR count). The van der Waals surface area contributed by atoms with Crippen molar-refractivity contribution >= 4 is 15.9 Å². The van der Waals surface area contributed by atoms with Crippen LogP contribution < -0.4 is 11.3 Å². The minimum Gasteiger partial charge on any atom is -0.326 e. The van der Waals surface area contributed by atoms with Crippen molar-refractivity contribution in [1.82, 2.24) is 4.57 Å². The lowest BCUT2D eigenvalue weighted by Crippen LogP contribution is -2.30. The average Bonchev–Trinajstić information content (AvgIpc) is 2.11. The van der Waals surface area contributed by atoms with Crippen LogP contribution in [0.15, 0.2) is 27.6 Å². The molecule has 1 atom stereocenters. The van der Waals surface area contributed by atoms with E-state index in [9.17, 15) is 4.79 Å².